The van der Waals surface area contributed by atoms with Gasteiger partial charge in [-0.25, -0.2) is 4.99 Å². The first kappa shape index (κ1) is 12.3. The van der Waals surface area contributed by atoms with Crippen LogP contribution in [0.2, 0.25) is 0 Å². The molecule has 0 aromatic carbocycles. The highest BCUT2D eigenvalue weighted by Crippen LogP contribution is 2.02. The minimum atomic E-state index is 0.409. The third-order valence-electron chi connectivity index (χ3n) is 1.68. The van der Waals surface area contributed by atoms with Gasteiger partial charge in [-0.2, -0.15) is 5.26 Å². The minimum Gasteiger partial charge on any atom is -0.308 e. The standard InChI is InChI=1S/C11H15N3/c1-4-6-11(8-13)14-9(3)10(5-2)7-12/h5-7,12H,4H2,1-3H3/b10-5-,11-6+,12-7?,14-9+. The van der Waals surface area contributed by atoms with Crippen molar-refractivity contribution < 1.29 is 0 Å². The fraction of sp³-hybridized carbons (Fsp3) is 0.364. The molecule has 0 radical (unpaired) electrons. The number of hydrogen-bond acceptors (Lipinski definition) is 3. The quantitative estimate of drug-likeness (QED) is 0.536. The molecule has 74 valence electrons. The second-order valence-electron chi connectivity index (χ2n) is 2.69. The molecule has 0 saturated heterocycles. The fourth-order valence-corrected chi connectivity index (χ4v) is 0.952. The molecule has 0 saturated carbocycles. The number of nitriles is 1. The molecule has 0 spiro atoms. The van der Waals surface area contributed by atoms with Gasteiger partial charge in [0.2, 0.25) is 0 Å². The summed E-state index contributed by atoms with van der Waals surface area (Å²) in [5.41, 5.74) is 1.84. The lowest BCUT2D eigenvalue weighted by atomic mass is 10.2. The highest BCUT2D eigenvalue weighted by atomic mass is 14.8. The van der Waals surface area contributed by atoms with E-state index in [4.69, 9.17) is 10.7 Å². The van der Waals surface area contributed by atoms with Crippen molar-refractivity contribution in [2.24, 2.45) is 4.99 Å². The zero-order valence-electron chi connectivity index (χ0n) is 8.83. The van der Waals surface area contributed by atoms with Crippen LogP contribution in [0.15, 0.2) is 28.4 Å². The number of aliphatic imine (C=N–C) groups is 1. The van der Waals surface area contributed by atoms with Gasteiger partial charge in [0.05, 0.1) is 0 Å². The van der Waals surface area contributed by atoms with E-state index in [-0.39, 0.29) is 0 Å². The predicted molar refractivity (Wildman–Crippen MR) is 59.6 cm³/mol. The Morgan fingerprint density at radius 3 is 2.57 bits per heavy atom. The van der Waals surface area contributed by atoms with Crippen LogP contribution in [0.3, 0.4) is 0 Å². The van der Waals surface area contributed by atoms with Gasteiger partial charge in [0, 0.05) is 17.5 Å². The van der Waals surface area contributed by atoms with E-state index in [1.54, 1.807) is 19.1 Å². The highest BCUT2D eigenvalue weighted by molar-refractivity contribution is 6.14. The van der Waals surface area contributed by atoms with Crippen LogP contribution in [0.25, 0.3) is 0 Å². The molecule has 0 amide bonds. The molecule has 3 nitrogen and oxygen atoms in total. The average Bonchev–Trinajstić information content (AvgIpc) is 2.19. The molecular weight excluding hydrogens is 174 g/mol. The summed E-state index contributed by atoms with van der Waals surface area (Å²) in [5, 5.41) is 15.8. The molecule has 0 rings (SSSR count). The van der Waals surface area contributed by atoms with E-state index < -0.39 is 0 Å². The molecule has 0 aliphatic rings. The normalized spacial score (nSPS) is 13.7. The van der Waals surface area contributed by atoms with Gasteiger partial charge in [0.15, 0.2) is 0 Å². The monoisotopic (exact) mass is 189 g/mol. The van der Waals surface area contributed by atoms with E-state index in [1.807, 2.05) is 19.9 Å². The fourth-order valence-electron chi connectivity index (χ4n) is 0.952. The zero-order chi connectivity index (χ0) is 11.0. The van der Waals surface area contributed by atoms with Crippen LogP contribution in [0.5, 0.6) is 0 Å². The second-order valence-corrected chi connectivity index (χ2v) is 2.69. The first-order valence-electron chi connectivity index (χ1n) is 4.52. The van der Waals surface area contributed by atoms with Gasteiger partial charge in [-0.05, 0) is 26.3 Å². The van der Waals surface area contributed by atoms with E-state index >= 15 is 0 Å². The van der Waals surface area contributed by atoms with Crippen LogP contribution in [-0.4, -0.2) is 11.9 Å². The average molecular weight is 189 g/mol. The lowest BCUT2D eigenvalue weighted by molar-refractivity contribution is 1.18. The van der Waals surface area contributed by atoms with Crippen LogP contribution in [0.4, 0.5) is 0 Å². The summed E-state index contributed by atoms with van der Waals surface area (Å²) in [6.45, 7) is 5.59. The SMILES string of the molecule is C\C=C(C=N)/C(C)=N/C(C#N)=C/CC. The third kappa shape index (κ3) is 3.81. The van der Waals surface area contributed by atoms with Crippen molar-refractivity contribution >= 4 is 11.9 Å². The molecule has 0 aromatic rings. The van der Waals surface area contributed by atoms with Gasteiger partial charge in [0.25, 0.3) is 0 Å². The second kappa shape index (κ2) is 6.79. The van der Waals surface area contributed by atoms with Crippen molar-refractivity contribution in [2.75, 3.05) is 0 Å². The summed E-state index contributed by atoms with van der Waals surface area (Å²) >= 11 is 0. The number of hydrogen-bond donors (Lipinski definition) is 1. The summed E-state index contributed by atoms with van der Waals surface area (Å²) in [7, 11) is 0. The molecule has 14 heavy (non-hydrogen) atoms. The molecule has 0 unspecified atom stereocenters. The van der Waals surface area contributed by atoms with Crippen LogP contribution in [0, 0.1) is 16.7 Å². The maximum Gasteiger partial charge on any atom is 0.136 e. The molecule has 3 heteroatoms. The first-order valence-corrected chi connectivity index (χ1v) is 4.52. The van der Waals surface area contributed by atoms with Crippen LogP contribution < -0.4 is 0 Å². The predicted octanol–water partition coefficient (Wildman–Crippen LogP) is 2.86. The van der Waals surface area contributed by atoms with E-state index in [0.717, 1.165) is 12.0 Å². The maximum atomic E-state index is 8.73. The molecular formula is C11H15N3. The molecule has 0 fully saturated rings. The third-order valence-corrected chi connectivity index (χ3v) is 1.68. The minimum absolute atomic E-state index is 0.409. The largest absolute Gasteiger partial charge is 0.308 e. The van der Waals surface area contributed by atoms with Gasteiger partial charge in [0.1, 0.15) is 11.8 Å². The highest BCUT2D eigenvalue weighted by Gasteiger charge is 1.98. The Bertz CT molecular complexity index is 327. The lowest BCUT2D eigenvalue weighted by Gasteiger charge is -1.98. The Balaban J connectivity index is 4.92. The van der Waals surface area contributed by atoms with E-state index in [0.29, 0.717) is 11.4 Å². The Hall–Kier alpha value is -1.69. The van der Waals surface area contributed by atoms with E-state index in [2.05, 4.69) is 4.99 Å². The van der Waals surface area contributed by atoms with Crippen molar-refractivity contribution in [1.29, 1.82) is 10.7 Å². The smallest absolute Gasteiger partial charge is 0.136 e. The Kier molecular flexibility index (Phi) is 5.97. The van der Waals surface area contributed by atoms with Gasteiger partial charge in [-0.3, -0.25) is 0 Å². The first-order chi connectivity index (χ1) is 6.69. The van der Waals surface area contributed by atoms with Gasteiger partial charge in [-0.1, -0.05) is 13.0 Å². The molecule has 0 atom stereocenters. The summed E-state index contributed by atoms with van der Waals surface area (Å²) in [4.78, 5) is 4.12. The van der Waals surface area contributed by atoms with Gasteiger partial charge < -0.3 is 5.41 Å². The maximum absolute atomic E-state index is 8.73. The van der Waals surface area contributed by atoms with Crippen molar-refractivity contribution in [3.8, 4) is 6.07 Å². The summed E-state index contributed by atoms with van der Waals surface area (Å²) < 4.78 is 0. The topological polar surface area (TPSA) is 60.0 Å². The molecule has 0 heterocycles. The molecule has 0 aromatic heterocycles. The zero-order valence-corrected chi connectivity index (χ0v) is 8.83. The summed E-state index contributed by atoms with van der Waals surface area (Å²) in [5.74, 6) is 0. The Labute approximate surface area is 85.0 Å². The van der Waals surface area contributed by atoms with E-state index in [1.165, 1.54) is 6.21 Å². The summed E-state index contributed by atoms with van der Waals surface area (Å²) in [6.07, 6.45) is 5.59. The van der Waals surface area contributed by atoms with Crippen LogP contribution >= 0.6 is 0 Å². The number of allylic oxidation sites excluding steroid dienone is 4. The molecule has 1 N–H and O–H groups in total. The Morgan fingerprint density at radius 2 is 2.21 bits per heavy atom. The number of rotatable bonds is 4. The Morgan fingerprint density at radius 1 is 1.57 bits per heavy atom. The summed E-state index contributed by atoms with van der Waals surface area (Å²) in [6, 6.07) is 2.01. The van der Waals surface area contributed by atoms with Crippen molar-refractivity contribution in [3.05, 3.63) is 23.4 Å². The lowest BCUT2D eigenvalue weighted by Crippen LogP contribution is -1.98. The number of nitrogens with zero attached hydrogens (tertiary/aromatic N) is 2. The van der Waals surface area contributed by atoms with Crippen molar-refractivity contribution in [3.63, 3.8) is 0 Å². The molecule has 0 bridgehead atoms. The van der Waals surface area contributed by atoms with Crippen molar-refractivity contribution in [2.45, 2.75) is 27.2 Å². The van der Waals surface area contributed by atoms with Gasteiger partial charge >= 0.3 is 0 Å². The van der Waals surface area contributed by atoms with Gasteiger partial charge in [-0.15, -0.1) is 0 Å². The van der Waals surface area contributed by atoms with Crippen molar-refractivity contribution in [1.82, 2.24) is 0 Å². The van der Waals surface area contributed by atoms with Crippen LogP contribution in [-0.2, 0) is 0 Å². The number of nitrogens with one attached hydrogen (secondary N) is 1. The van der Waals surface area contributed by atoms with Crippen LogP contribution in [0.1, 0.15) is 27.2 Å². The van der Waals surface area contributed by atoms with E-state index in [9.17, 15) is 0 Å². The molecule has 0 aliphatic heterocycles. The molecule has 0 aliphatic carbocycles.